The third kappa shape index (κ3) is 6.09. The van der Waals surface area contributed by atoms with Crippen molar-refractivity contribution in [2.75, 3.05) is 53.4 Å². The van der Waals surface area contributed by atoms with Gasteiger partial charge in [-0.25, -0.2) is 0 Å². The van der Waals surface area contributed by atoms with Gasteiger partial charge in [0.1, 0.15) is 0 Å². The number of benzene rings is 1. The fourth-order valence-corrected chi connectivity index (χ4v) is 3.53. The van der Waals surface area contributed by atoms with E-state index in [1.54, 1.807) is 12.1 Å². The first kappa shape index (κ1) is 20.9. The summed E-state index contributed by atoms with van der Waals surface area (Å²) in [6.07, 6.45) is 2.58. The van der Waals surface area contributed by atoms with Crippen LogP contribution in [-0.4, -0.2) is 79.9 Å². The molecule has 0 spiro atoms. The van der Waals surface area contributed by atoms with E-state index in [1.165, 1.54) is 11.8 Å². The Morgan fingerprint density at radius 1 is 1.10 bits per heavy atom. The second-order valence-corrected chi connectivity index (χ2v) is 7.31. The molecule has 0 radical (unpaired) electrons. The van der Waals surface area contributed by atoms with Crippen molar-refractivity contribution < 1.29 is 9.21 Å². The SMILES string of the molecule is CN=C(NCCCN(C)Cc1ccccc1)N1CCN(C(=O)c2ccco2)CC1. The molecule has 1 fully saturated rings. The van der Waals surface area contributed by atoms with Crippen LogP contribution in [0.4, 0.5) is 0 Å². The summed E-state index contributed by atoms with van der Waals surface area (Å²) in [5.41, 5.74) is 1.33. The number of nitrogens with zero attached hydrogens (tertiary/aromatic N) is 4. The zero-order valence-corrected chi connectivity index (χ0v) is 17.4. The van der Waals surface area contributed by atoms with E-state index in [-0.39, 0.29) is 5.91 Å². The van der Waals surface area contributed by atoms with Crippen molar-refractivity contribution in [1.82, 2.24) is 20.0 Å². The average molecular weight is 398 g/mol. The Morgan fingerprint density at radius 3 is 2.48 bits per heavy atom. The van der Waals surface area contributed by atoms with Gasteiger partial charge in [-0.2, -0.15) is 0 Å². The molecule has 1 aliphatic rings. The highest BCUT2D eigenvalue weighted by atomic mass is 16.3. The number of carbonyl (C=O) groups excluding carboxylic acids is 1. The molecule has 2 aromatic rings. The van der Waals surface area contributed by atoms with E-state index in [2.05, 4.69) is 51.4 Å². The Labute approximate surface area is 173 Å². The van der Waals surface area contributed by atoms with E-state index in [0.717, 1.165) is 45.1 Å². The van der Waals surface area contributed by atoms with Gasteiger partial charge < -0.3 is 24.4 Å². The Bertz CT molecular complexity index is 768. The first-order valence-corrected chi connectivity index (χ1v) is 10.2. The van der Waals surface area contributed by atoms with Crippen LogP contribution in [0.3, 0.4) is 0 Å². The predicted octanol–water partition coefficient (Wildman–Crippen LogP) is 2.13. The van der Waals surface area contributed by atoms with Crippen LogP contribution in [0, 0.1) is 0 Å². The number of rotatable bonds is 7. The molecule has 1 N–H and O–H groups in total. The first-order valence-electron chi connectivity index (χ1n) is 10.2. The summed E-state index contributed by atoms with van der Waals surface area (Å²) >= 11 is 0. The number of hydrogen-bond donors (Lipinski definition) is 1. The van der Waals surface area contributed by atoms with Gasteiger partial charge in [-0.1, -0.05) is 30.3 Å². The van der Waals surface area contributed by atoms with Gasteiger partial charge in [0, 0.05) is 46.3 Å². The maximum atomic E-state index is 12.4. The minimum atomic E-state index is -0.0425. The van der Waals surface area contributed by atoms with Crippen molar-refractivity contribution in [2.24, 2.45) is 4.99 Å². The summed E-state index contributed by atoms with van der Waals surface area (Å²) in [6, 6.07) is 14.0. The number of guanidine groups is 1. The van der Waals surface area contributed by atoms with Gasteiger partial charge in [0.05, 0.1) is 6.26 Å². The number of furan rings is 1. The number of piperazine rings is 1. The Balaban J connectivity index is 1.36. The predicted molar refractivity (Wildman–Crippen MR) is 115 cm³/mol. The molecule has 7 nitrogen and oxygen atoms in total. The first-order chi connectivity index (χ1) is 14.2. The molecule has 0 saturated carbocycles. The molecule has 7 heteroatoms. The zero-order valence-electron chi connectivity index (χ0n) is 17.4. The van der Waals surface area contributed by atoms with Crippen molar-refractivity contribution in [2.45, 2.75) is 13.0 Å². The molecule has 1 amide bonds. The minimum Gasteiger partial charge on any atom is -0.459 e. The van der Waals surface area contributed by atoms with Crippen LogP contribution in [0.1, 0.15) is 22.5 Å². The minimum absolute atomic E-state index is 0.0425. The van der Waals surface area contributed by atoms with Crippen LogP contribution in [0.2, 0.25) is 0 Å². The number of amides is 1. The van der Waals surface area contributed by atoms with E-state index in [4.69, 9.17) is 4.42 Å². The standard InChI is InChI=1S/C22H31N5O2/c1-23-22(24-11-7-12-25(2)18-19-8-4-3-5-9-19)27-15-13-26(14-16-27)21(28)20-10-6-17-29-20/h3-6,8-10,17H,7,11-16,18H2,1-2H3,(H,23,24). The summed E-state index contributed by atoms with van der Waals surface area (Å²) in [5.74, 6) is 1.26. The van der Waals surface area contributed by atoms with Crippen LogP contribution in [0.25, 0.3) is 0 Å². The molecule has 1 saturated heterocycles. The summed E-state index contributed by atoms with van der Waals surface area (Å²) in [4.78, 5) is 23.2. The average Bonchev–Trinajstić information content (AvgIpc) is 3.29. The maximum absolute atomic E-state index is 12.4. The summed E-state index contributed by atoms with van der Waals surface area (Å²) in [5, 5.41) is 3.46. The molecule has 156 valence electrons. The molecular weight excluding hydrogens is 366 g/mol. The van der Waals surface area contributed by atoms with Crippen LogP contribution >= 0.6 is 0 Å². The van der Waals surface area contributed by atoms with Crippen LogP contribution < -0.4 is 5.32 Å². The van der Waals surface area contributed by atoms with E-state index in [1.807, 2.05) is 18.0 Å². The van der Waals surface area contributed by atoms with Crippen molar-refractivity contribution in [1.29, 1.82) is 0 Å². The Morgan fingerprint density at radius 2 is 1.83 bits per heavy atom. The normalized spacial score (nSPS) is 15.1. The molecule has 1 aliphatic heterocycles. The Kier molecular flexibility index (Phi) is 7.69. The molecule has 3 rings (SSSR count). The number of carbonyl (C=O) groups is 1. The van der Waals surface area contributed by atoms with E-state index >= 15 is 0 Å². The van der Waals surface area contributed by atoms with Gasteiger partial charge in [-0.3, -0.25) is 9.79 Å². The molecule has 0 aliphatic carbocycles. The second-order valence-electron chi connectivity index (χ2n) is 7.31. The Hall–Kier alpha value is -2.80. The summed E-state index contributed by atoms with van der Waals surface area (Å²) < 4.78 is 5.22. The topological polar surface area (TPSA) is 64.3 Å². The largest absolute Gasteiger partial charge is 0.459 e. The van der Waals surface area contributed by atoms with Crippen molar-refractivity contribution >= 4 is 11.9 Å². The molecule has 0 bridgehead atoms. The van der Waals surface area contributed by atoms with Gasteiger partial charge in [0.25, 0.3) is 5.91 Å². The molecule has 29 heavy (non-hydrogen) atoms. The lowest BCUT2D eigenvalue weighted by Gasteiger charge is -2.36. The van der Waals surface area contributed by atoms with Gasteiger partial charge in [-0.05, 0) is 37.7 Å². The van der Waals surface area contributed by atoms with Gasteiger partial charge in [0.15, 0.2) is 11.7 Å². The van der Waals surface area contributed by atoms with Crippen molar-refractivity contribution in [3.05, 3.63) is 60.1 Å². The van der Waals surface area contributed by atoms with Crippen molar-refractivity contribution in [3.63, 3.8) is 0 Å². The molecule has 1 aromatic heterocycles. The quantitative estimate of drug-likeness (QED) is 0.441. The third-order valence-electron chi connectivity index (χ3n) is 5.11. The highest BCUT2D eigenvalue weighted by Crippen LogP contribution is 2.09. The lowest BCUT2D eigenvalue weighted by atomic mass is 10.2. The zero-order chi connectivity index (χ0) is 20.5. The number of aliphatic imine (C=N–C) groups is 1. The molecule has 1 aromatic carbocycles. The smallest absolute Gasteiger partial charge is 0.289 e. The highest BCUT2D eigenvalue weighted by Gasteiger charge is 2.25. The maximum Gasteiger partial charge on any atom is 0.289 e. The van der Waals surface area contributed by atoms with Gasteiger partial charge in [0.2, 0.25) is 0 Å². The molecule has 0 unspecified atom stereocenters. The lowest BCUT2D eigenvalue weighted by molar-refractivity contribution is 0.0657. The molecule has 0 atom stereocenters. The molecular formula is C22H31N5O2. The van der Waals surface area contributed by atoms with Crippen LogP contribution in [0.5, 0.6) is 0 Å². The van der Waals surface area contributed by atoms with E-state index in [9.17, 15) is 4.79 Å². The number of hydrogen-bond acceptors (Lipinski definition) is 4. The highest BCUT2D eigenvalue weighted by molar-refractivity contribution is 5.91. The fraction of sp³-hybridized carbons (Fsp3) is 0.455. The third-order valence-corrected chi connectivity index (χ3v) is 5.11. The number of nitrogens with one attached hydrogen (secondary N) is 1. The van der Waals surface area contributed by atoms with Crippen LogP contribution in [-0.2, 0) is 6.54 Å². The van der Waals surface area contributed by atoms with Gasteiger partial charge >= 0.3 is 0 Å². The van der Waals surface area contributed by atoms with Crippen LogP contribution in [0.15, 0.2) is 58.1 Å². The van der Waals surface area contributed by atoms with Gasteiger partial charge in [-0.15, -0.1) is 0 Å². The lowest BCUT2D eigenvalue weighted by Crippen LogP contribution is -2.53. The van der Waals surface area contributed by atoms with E-state index < -0.39 is 0 Å². The fourth-order valence-electron chi connectivity index (χ4n) is 3.53. The summed E-state index contributed by atoms with van der Waals surface area (Å²) in [6.45, 7) is 5.71. The molecule has 2 heterocycles. The van der Waals surface area contributed by atoms with Crippen molar-refractivity contribution in [3.8, 4) is 0 Å². The van der Waals surface area contributed by atoms with E-state index in [0.29, 0.717) is 18.8 Å². The second kappa shape index (κ2) is 10.7. The monoisotopic (exact) mass is 397 g/mol. The summed E-state index contributed by atoms with van der Waals surface area (Å²) in [7, 11) is 3.96.